The molecule has 0 fully saturated rings. The van der Waals surface area contributed by atoms with E-state index < -0.39 is 0 Å². The highest BCUT2D eigenvalue weighted by atomic mass is 16.1. The van der Waals surface area contributed by atoms with Crippen molar-refractivity contribution in [2.45, 2.75) is 84.0 Å². The van der Waals surface area contributed by atoms with E-state index in [0.717, 1.165) is 32.4 Å². The summed E-state index contributed by atoms with van der Waals surface area (Å²) in [5.74, 6) is 5.25. The van der Waals surface area contributed by atoms with Crippen LogP contribution in [0.5, 0.6) is 0 Å². The Morgan fingerprint density at radius 1 is 0.955 bits per heavy atom. The lowest BCUT2D eigenvalue weighted by molar-refractivity contribution is -0.121. The summed E-state index contributed by atoms with van der Waals surface area (Å²) in [6, 6.07) is 0. The summed E-state index contributed by atoms with van der Waals surface area (Å²) in [6.45, 7) is 3.75. The summed E-state index contributed by atoms with van der Waals surface area (Å²) in [4.78, 5) is 15.7. The van der Waals surface area contributed by atoms with Crippen LogP contribution in [0.15, 0.2) is 4.99 Å². The van der Waals surface area contributed by atoms with Crippen molar-refractivity contribution in [2.24, 2.45) is 10.8 Å². The third-order valence-electron chi connectivity index (χ3n) is 3.71. The van der Waals surface area contributed by atoms with Gasteiger partial charge in [0.2, 0.25) is 5.91 Å². The van der Waals surface area contributed by atoms with Gasteiger partial charge >= 0.3 is 0 Å². The second-order valence-electron chi connectivity index (χ2n) is 5.84. The Balaban J connectivity index is 3.17. The molecule has 5 heteroatoms. The summed E-state index contributed by atoms with van der Waals surface area (Å²) in [5.41, 5.74) is 2.37. The Kier molecular flexibility index (Phi) is 17.1. The number of rotatable bonds is 16. The minimum Gasteiger partial charge on any atom is -0.356 e. The molecular weight excluding hydrogens is 276 g/mol. The number of unbranched alkanes of at least 4 members (excludes halogenated alkanes) is 9. The number of hydrazine groups is 1. The fourth-order valence-electron chi connectivity index (χ4n) is 2.36. The smallest absolute Gasteiger partial charge is 0.219 e. The van der Waals surface area contributed by atoms with Gasteiger partial charge in [-0.3, -0.25) is 9.79 Å². The molecule has 0 aromatic heterocycles. The molecule has 0 radical (unpaired) electrons. The largest absolute Gasteiger partial charge is 0.356 e. The van der Waals surface area contributed by atoms with E-state index in [1.807, 2.05) is 0 Å². The SMILES string of the molecule is CCCCCCCCCCCC(=O)NCCCCN=CNN. The van der Waals surface area contributed by atoms with E-state index >= 15 is 0 Å². The molecule has 0 atom stereocenters. The van der Waals surface area contributed by atoms with Crippen molar-refractivity contribution in [1.82, 2.24) is 10.7 Å². The van der Waals surface area contributed by atoms with Gasteiger partial charge in [-0.05, 0) is 19.3 Å². The number of hydrogen-bond acceptors (Lipinski definition) is 3. The Labute approximate surface area is 136 Å². The fraction of sp³-hybridized carbons (Fsp3) is 0.882. The third kappa shape index (κ3) is 17.0. The summed E-state index contributed by atoms with van der Waals surface area (Å²) in [7, 11) is 0. The summed E-state index contributed by atoms with van der Waals surface area (Å²) in [5, 5.41) is 2.97. The summed E-state index contributed by atoms with van der Waals surface area (Å²) < 4.78 is 0. The van der Waals surface area contributed by atoms with E-state index in [1.165, 1.54) is 57.7 Å². The maximum atomic E-state index is 11.6. The minimum absolute atomic E-state index is 0.190. The normalized spacial score (nSPS) is 11.0. The zero-order chi connectivity index (χ0) is 16.3. The molecule has 0 saturated carbocycles. The van der Waals surface area contributed by atoms with Crippen LogP contribution < -0.4 is 16.6 Å². The van der Waals surface area contributed by atoms with Crippen LogP contribution in [-0.2, 0) is 4.79 Å². The molecule has 5 nitrogen and oxygen atoms in total. The number of nitrogens with zero attached hydrogens (tertiary/aromatic N) is 1. The van der Waals surface area contributed by atoms with Gasteiger partial charge in [-0.1, -0.05) is 58.3 Å². The lowest BCUT2D eigenvalue weighted by Crippen LogP contribution is -2.24. The van der Waals surface area contributed by atoms with Gasteiger partial charge in [0.15, 0.2) is 0 Å². The van der Waals surface area contributed by atoms with Crippen molar-refractivity contribution in [3.05, 3.63) is 0 Å². The van der Waals surface area contributed by atoms with Crippen LogP contribution >= 0.6 is 0 Å². The zero-order valence-electron chi connectivity index (χ0n) is 14.4. The summed E-state index contributed by atoms with van der Waals surface area (Å²) >= 11 is 0. The van der Waals surface area contributed by atoms with Crippen LogP contribution in [0.25, 0.3) is 0 Å². The lowest BCUT2D eigenvalue weighted by atomic mass is 10.1. The zero-order valence-corrected chi connectivity index (χ0v) is 14.4. The van der Waals surface area contributed by atoms with Crippen molar-refractivity contribution < 1.29 is 4.79 Å². The highest BCUT2D eigenvalue weighted by molar-refractivity contribution is 5.75. The molecular formula is C17H36N4O. The second kappa shape index (κ2) is 18.0. The average Bonchev–Trinajstić information content (AvgIpc) is 2.52. The molecule has 130 valence electrons. The van der Waals surface area contributed by atoms with Gasteiger partial charge in [-0.15, -0.1) is 0 Å². The van der Waals surface area contributed by atoms with Gasteiger partial charge in [0.05, 0.1) is 6.34 Å². The molecule has 4 N–H and O–H groups in total. The van der Waals surface area contributed by atoms with E-state index in [4.69, 9.17) is 5.84 Å². The maximum absolute atomic E-state index is 11.6. The number of nitrogens with one attached hydrogen (secondary N) is 2. The molecule has 1 amide bonds. The van der Waals surface area contributed by atoms with Crippen LogP contribution in [0.2, 0.25) is 0 Å². The molecule has 0 saturated heterocycles. The first-order chi connectivity index (χ1) is 10.8. The van der Waals surface area contributed by atoms with Gasteiger partial charge in [0.25, 0.3) is 0 Å². The van der Waals surface area contributed by atoms with Crippen molar-refractivity contribution in [2.75, 3.05) is 13.1 Å². The number of nitrogens with two attached hydrogens (primary N) is 1. The molecule has 0 spiro atoms. The number of hydrogen-bond donors (Lipinski definition) is 3. The van der Waals surface area contributed by atoms with Crippen LogP contribution in [0.3, 0.4) is 0 Å². The molecule has 0 aliphatic heterocycles. The van der Waals surface area contributed by atoms with Crippen molar-refractivity contribution >= 4 is 12.2 Å². The van der Waals surface area contributed by atoms with E-state index in [1.54, 1.807) is 0 Å². The quantitative estimate of drug-likeness (QED) is 0.134. The van der Waals surface area contributed by atoms with Gasteiger partial charge in [0.1, 0.15) is 0 Å². The van der Waals surface area contributed by atoms with Crippen LogP contribution in [0.4, 0.5) is 0 Å². The van der Waals surface area contributed by atoms with Gasteiger partial charge in [-0.2, -0.15) is 0 Å². The number of carbonyl (C=O) groups excluding carboxylic acids is 1. The lowest BCUT2D eigenvalue weighted by Gasteiger charge is -2.05. The first kappa shape index (κ1) is 20.9. The first-order valence-corrected chi connectivity index (χ1v) is 9.02. The van der Waals surface area contributed by atoms with Crippen LogP contribution in [-0.4, -0.2) is 25.3 Å². The number of amides is 1. The predicted octanol–water partition coefficient (Wildman–Crippen LogP) is 3.30. The van der Waals surface area contributed by atoms with E-state index in [9.17, 15) is 4.79 Å². The monoisotopic (exact) mass is 312 g/mol. The molecule has 0 heterocycles. The molecule has 0 aliphatic carbocycles. The molecule has 0 aromatic carbocycles. The highest BCUT2D eigenvalue weighted by Crippen LogP contribution is 2.10. The molecule has 0 rings (SSSR count). The molecule has 0 aliphatic rings. The highest BCUT2D eigenvalue weighted by Gasteiger charge is 2.00. The van der Waals surface area contributed by atoms with Gasteiger partial charge < -0.3 is 10.7 Å². The molecule has 0 unspecified atom stereocenters. The third-order valence-corrected chi connectivity index (χ3v) is 3.71. The van der Waals surface area contributed by atoms with E-state index in [-0.39, 0.29) is 5.91 Å². The maximum Gasteiger partial charge on any atom is 0.219 e. The topological polar surface area (TPSA) is 79.5 Å². The van der Waals surface area contributed by atoms with Gasteiger partial charge in [0, 0.05) is 19.5 Å². The van der Waals surface area contributed by atoms with Crippen molar-refractivity contribution in [3.63, 3.8) is 0 Å². The van der Waals surface area contributed by atoms with Crippen LogP contribution in [0.1, 0.15) is 84.0 Å². The van der Waals surface area contributed by atoms with Crippen molar-refractivity contribution in [1.29, 1.82) is 0 Å². The number of carbonyl (C=O) groups is 1. The minimum atomic E-state index is 0.190. The van der Waals surface area contributed by atoms with E-state index in [2.05, 4.69) is 22.7 Å². The van der Waals surface area contributed by atoms with Crippen LogP contribution in [0, 0.1) is 0 Å². The average molecular weight is 313 g/mol. The second-order valence-corrected chi connectivity index (χ2v) is 5.84. The Hall–Kier alpha value is -1.10. The predicted molar refractivity (Wildman–Crippen MR) is 94.8 cm³/mol. The molecule has 0 aromatic rings. The number of aliphatic imine (C=N–C) groups is 1. The Morgan fingerprint density at radius 3 is 2.23 bits per heavy atom. The molecule has 22 heavy (non-hydrogen) atoms. The first-order valence-electron chi connectivity index (χ1n) is 9.02. The Morgan fingerprint density at radius 2 is 1.59 bits per heavy atom. The molecule has 0 bridgehead atoms. The Bertz CT molecular complexity index is 269. The van der Waals surface area contributed by atoms with E-state index in [0.29, 0.717) is 6.42 Å². The van der Waals surface area contributed by atoms with Crippen molar-refractivity contribution in [3.8, 4) is 0 Å². The fourth-order valence-corrected chi connectivity index (χ4v) is 2.36. The standard InChI is InChI=1S/C17H36N4O/c1-2-3-4-5-6-7-8-9-10-13-17(22)20-15-12-11-14-19-16-21-18/h16H,2-15,18H2,1H3,(H,19,21)(H,20,22). The summed E-state index contributed by atoms with van der Waals surface area (Å²) in [6.07, 6.45) is 15.7. The van der Waals surface area contributed by atoms with Gasteiger partial charge in [-0.25, -0.2) is 5.84 Å².